The summed E-state index contributed by atoms with van der Waals surface area (Å²) in [4.78, 5) is 36.1. The topological polar surface area (TPSA) is 99.3 Å². The Balaban J connectivity index is 2.81. The summed E-state index contributed by atoms with van der Waals surface area (Å²) < 4.78 is 0. The van der Waals surface area contributed by atoms with Crippen LogP contribution in [-0.2, 0) is 4.79 Å². The molecule has 1 aromatic heterocycles. The Labute approximate surface area is 104 Å². The van der Waals surface area contributed by atoms with Gasteiger partial charge in [0.15, 0.2) is 0 Å². The highest BCUT2D eigenvalue weighted by molar-refractivity contribution is 5.96. The molecule has 6 heteroatoms. The summed E-state index contributed by atoms with van der Waals surface area (Å²) in [6.07, 6.45) is 1.90. The Hall–Kier alpha value is -2.11. The van der Waals surface area contributed by atoms with Crippen molar-refractivity contribution in [2.24, 2.45) is 5.92 Å². The SMILES string of the molecule is CC[C@H](C)[C@H](NC(=O)c1ccc(=O)[nH]c1)C(=O)O. The number of hydrogen-bond acceptors (Lipinski definition) is 3. The maximum absolute atomic E-state index is 11.8. The number of aromatic amines is 1. The molecular formula is C12H16N2O4. The van der Waals surface area contributed by atoms with E-state index >= 15 is 0 Å². The molecule has 0 radical (unpaired) electrons. The molecule has 1 aromatic rings. The lowest BCUT2D eigenvalue weighted by Gasteiger charge is -2.19. The highest BCUT2D eigenvalue weighted by Crippen LogP contribution is 2.08. The number of rotatable bonds is 5. The molecule has 0 fully saturated rings. The zero-order chi connectivity index (χ0) is 13.7. The number of aliphatic carboxylic acids is 1. The summed E-state index contributed by atoms with van der Waals surface area (Å²) in [5.74, 6) is -1.75. The first-order valence-corrected chi connectivity index (χ1v) is 5.68. The molecule has 1 amide bonds. The zero-order valence-corrected chi connectivity index (χ0v) is 10.3. The van der Waals surface area contributed by atoms with Gasteiger partial charge in [0.1, 0.15) is 6.04 Å². The number of carbonyl (C=O) groups is 2. The fraction of sp³-hybridized carbons (Fsp3) is 0.417. The summed E-state index contributed by atoms with van der Waals surface area (Å²) in [7, 11) is 0. The van der Waals surface area contributed by atoms with Crippen LogP contribution in [0.4, 0.5) is 0 Å². The van der Waals surface area contributed by atoms with Gasteiger partial charge in [-0.25, -0.2) is 4.79 Å². The maximum Gasteiger partial charge on any atom is 0.326 e. The molecule has 1 rings (SSSR count). The Morgan fingerprint density at radius 1 is 1.44 bits per heavy atom. The van der Waals surface area contributed by atoms with Crippen LogP contribution in [0.2, 0.25) is 0 Å². The van der Waals surface area contributed by atoms with Crippen molar-refractivity contribution in [3.05, 3.63) is 34.2 Å². The first-order valence-electron chi connectivity index (χ1n) is 5.68. The van der Waals surface area contributed by atoms with E-state index in [4.69, 9.17) is 5.11 Å². The lowest BCUT2D eigenvalue weighted by Crippen LogP contribution is -2.45. The minimum Gasteiger partial charge on any atom is -0.480 e. The molecule has 0 aliphatic rings. The van der Waals surface area contributed by atoms with Gasteiger partial charge in [-0.15, -0.1) is 0 Å². The molecule has 0 saturated carbocycles. The molecule has 18 heavy (non-hydrogen) atoms. The van der Waals surface area contributed by atoms with E-state index in [0.29, 0.717) is 6.42 Å². The second-order valence-corrected chi connectivity index (χ2v) is 4.12. The number of carboxylic acids is 1. The van der Waals surface area contributed by atoms with E-state index in [1.165, 1.54) is 18.3 Å². The number of pyridine rings is 1. The van der Waals surface area contributed by atoms with Crippen molar-refractivity contribution in [1.82, 2.24) is 10.3 Å². The third-order valence-electron chi connectivity index (χ3n) is 2.81. The molecular weight excluding hydrogens is 236 g/mol. The van der Waals surface area contributed by atoms with Crippen LogP contribution >= 0.6 is 0 Å². The third kappa shape index (κ3) is 3.44. The van der Waals surface area contributed by atoms with Crippen molar-refractivity contribution in [1.29, 1.82) is 0 Å². The predicted octanol–water partition coefficient (Wildman–Crippen LogP) is 0.604. The van der Waals surface area contributed by atoms with Crippen LogP contribution in [0.5, 0.6) is 0 Å². The van der Waals surface area contributed by atoms with Gasteiger partial charge in [0.25, 0.3) is 5.91 Å². The van der Waals surface area contributed by atoms with Gasteiger partial charge >= 0.3 is 5.97 Å². The number of nitrogens with one attached hydrogen (secondary N) is 2. The highest BCUT2D eigenvalue weighted by Gasteiger charge is 2.25. The fourth-order valence-electron chi connectivity index (χ4n) is 1.46. The van der Waals surface area contributed by atoms with Crippen molar-refractivity contribution in [2.75, 3.05) is 0 Å². The molecule has 2 atom stereocenters. The summed E-state index contributed by atoms with van der Waals surface area (Å²) in [5.41, 5.74) is -0.0904. The Morgan fingerprint density at radius 2 is 2.11 bits per heavy atom. The van der Waals surface area contributed by atoms with Crippen LogP contribution in [0.15, 0.2) is 23.1 Å². The highest BCUT2D eigenvalue weighted by atomic mass is 16.4. The molecule has 0 unspecified atom stereocenters. The summed E-state index contributed by atoms with van der Waals surface area (Å²) >= 11 is 0. The Kier molecular flexibility index (Phi) is 4.65. The number of hydrogen-bond donors (Lipinski definition) is 3. The first kappa shape index (κ1) is 14.0. The van der Waals surface area contributed by atoms with Crippen LogP contribution in [0.1, 0.15) is 30.6 Å². The molecule has 0 spiro atoms. The lowest BCUT2D eigenvalue weighted by molar-refractivity contribution is -0.140. The van der Waals surface area contributed by atoms with Crippen molar-refractivity contribution in [3.8, 4) is 0 Å². The maximum atomic E-state index is 11.8. The van der Waals surface area contributed by atoms with Gasteiger partial charge in [-0.05, 0) is 12.0 Å². The molecule has 0 aliphatic heterocycles. The molecule has 0 aliphatic carbocycles. The van der Waals surface area contributed by atoms with Gasteiger partial charge in [-0.3, -0.25) is 9.59 Å². The average molecular weight is 252 g/mol. The minimum atomic E-state index is -1.07. The number of carbonyl (C=O) groups excluding carboxylic acids is 1. The van der Waals surface area contributed by atoms with E-state index in [0.717, 1.165) is 0 Å². The number of amides is 1. The monoisotopic (exact) mass is 252 g/mol. The second-order valence-electron chi connectivity index (χ2n) is 4.12. The molecule has 0 aromatic carbocycles. The van der Waals surface area contributed by atoms with E-state index < -0.39 is 17.9 Å². The number of carboxylic acid groups (broad SMARTS) is 1. The summed E-state index contributed by atoms with van der Waals surface area (Å²) in [6.45, 7) is 3.61. The van der Waals surface area contributed by atoms with Crippen LogP contribution in [-0.4, -0.2) is 28.0 Å². The van der Waals surface area contributed by atoms with Crippen molar-refractivity contribution in [3.63, 3.8) is 0 Å². The van der Waals surface area contributed by atoms with Crippen LogP contribution in [0, 0.1) is 5.92 Å². The Morgan fingerprint density at radius 3 is 2.56 bits per heavy atom. The predicted molar refractivity (Wildman–Crippen MR) is 65.4 cm³/mol. The van der Waals surface area contributed by atoms with E-state index in [2.05, 4.69) is 10.3 Å². The fourth-order valence-corrected chi connectivity index (χ4v) is 1.46. The quantitative estimate of drug-likeness (QED) is 0.714. The van der Waals surface area contributed by atoms with E-state index in [-0.39, 0.29) is 17.0 Å². The molecule has 6 nitrogen and oxygen atoms in total. The van der Waals surface area contributed by atoms with Crippen LogP contribution in [0.3, 0.4) is 0 Å². The van der Waals surface area contributed by atoms with Crippen LogP contribution < -0.4 is 10.9 Å². The minimum absolute atomic E-state index is 0.172. The van der Waals surface area contributed by atoms with Gasteiger partial charge in [-0.1, -0.05) is 20.3 Å². The molecule has 98 valence electrons. The normalized spacial score (nSPS) is 13.7. The van der Waals surface area contributed by atoms with E-state index in [1.54, 1.807) is 6.92 Å². The van der Waals surface area contributed by atoms with Gasteiger partial charge in [0.05, 0.1) is 5.56 Å². The van der Waals surface area contributed by atoms with Gasteiger partial charge in [0, 0.05) is 12.3 Å². The molecule has 3 N–H and O–H groups in total. The van der Waals surface area contributed by atoms with Gasteiger partial charge in [-0.2, -0.15) is 0 Å². The summed E-state index contributed by atoms with van der Waals surface area (Å²) in [5, 5.41) is 11.5. The van der Waals surface area contributed by atoms with E-state index in [1.807, 2.05) is 6.92 Å². The smallest absolute Gasteiger partial charge is 0.326 e. The Bertz CT molecular complexity index is 475. The van der Waals surface area contributed by atoms with Crippen molar-refractivity contribution >= 4 is 11.9 Å². The third-order valence-corrected chi connectivity index (χ3v) is 2.81. The van der Waals surface area contributed by atoms with E-state index in [9.17, 15) is 14.4 Å². The number of H-pyrrole nitrogens is 1. The standard InChI is InChI=1S/C12H16N2O4/c1-3-7(2)10(12(17)18)14-11(16)8-4-5-9(15)13-6-8/h4-7,10H,3H2,1-2H3,(H,13,15)(H,14,16)(H,17,18)/t7-,10-/m0/s1. The zero-order valence-electron chi connectivity index (χ0n) is 10.3. The van der Waals surface area contributed by atoms with Crippen LogP contribution in [0.25, 0.3) is 0 Å². The van der Waals surface area contributed by atoms with Gasteiger partial charge < -0.3 is 15.4 Å². The van der Waals surface area contributed by atoms with Gasteiger partial charge in [0.2, 0.25) is 5.56 Å². The number of aromatic nitrogens is 1. The average Bonchev–Trinajstić information content (AvgIpc) is 2.35. The molecule has 1 heterocycles. The molecule has 0 bridgehead atoms. The largest absolute Gasteiger partial charge is 0.480 e. The summed E-state index contributed by atoms with van der Waals surface area (Å²) in [6, 6.07) is 1.63. The van der Waals surface area contributed by atoms with Crippen molar-refractivity contribution in [2.45, 2.75) is 26.3 Å². The second kappa shape index (κ2) is 6.00. The van der Waals surface area contributed by atoms with Crippen molar-refractivity contribution < 1.29 is 14.7 Å². The molecule has 0 saturated heterocycles. The first-order chi connectivity index (χ1) is 8.45. The lowest BCUT2D eigenvalue weighted by atomic mass is 9.99.